The molecule has 12 nitrogen and oxygen atoms in total. The summed E-state index contributed by atoms with van der Waals surface area (Å²) < 4.78 is 3.71. The molecule has 0 spiro atoms. The summed E-state index contributed by atoms with van der Waals surface area (Å²) in [6, 6.07) is 44.1. The number of aromatic nitrogens is 6. The number of rotatable bonds is 10. The molecule has 326 valence electrons. The van der Waals surface area contributed by atoms with Crippen LogP contribution in [0.15, 0.2) is 156 Å². The van der Waals surface area contributed by atoms with E-state index in [1.165, 1.54) is 0 Å². The van der Waals surface area contributed by atoms with Gasteiger partial charge in [-0.3, -0.25) is 28.7 Å². The van der Waals surface area contributed by atoms with Gasteiger partial charge in [-0.25, -0.2) is 0 Å². The molecule has 0 aliphatic carbocycles. The Kier molecular flexibility index (Phi) is 11.2. The summed E-state index contributed by atoms with van der Waals surface area (Å²) in [5, 5.41) is 34.3. The van der Waals surface area contributed by atoms with Crippen molar-refractivity contribution in [1.82, 2.24) is 34.8 Å². The van der Waals surface area contributed by atoms with Crippen molar-refractivity contribution < 1.29 is 14.7 Å². The summed E-state index contributed by atoms with van der Waals surface area (Å²) >= 11 is 12.9. The number of benzene rings is 6. The van der Waals surface area contributed by atoms with Gasteiger partial charge in [0.15, 0.2) is 11.6 Å². The van der Waals surface area contributed by atoms with Crippen LogP contribution in [0.4, 0.5) is 0 Å². The van der Waals surface area contributed by atoms with Crippen LogP contribution in [-0.4, -0.2) is 64.5 Å². The van der Waals surface area contributed by atoms with E-state index in [0.29, 0.717) is 61.2 Å². The van der Waals surface area contributed by atoms with Crippen LogP contribution in [0.3, 0.4) is 0 Å². The third-order valence-electron chi connectivity index (χ3n) is 12.2. The number of carboxylic acids is 1. The first-order valence-corrected chi connectivity index (χ1v) is 22.3. The number of aliphatic imine (C=N–C) groups is 2. The molecule has 4 heterocycles. The Morgan fingerprint density at radius 2 is 0.970 bits per heavy atom. The first-order chi connectivity index (χ1) is 32.1. The van der Waals surface area contributed by atoms with Gasteiger partial charge in [-0.15, -0.1) is 20.4 Å². The fourth-order valence-corrected chi connectivity index (χ4v) is 9.42. The molecule has 2 unspecified atom stereocenters. The molecule has 6 aromatic carbocycles. The molecule has 1 amide bonds. The first-order valence-electron chi connectivity index (χ1n) is 21.5. The maximum absolute atomic E-state index is 15.1. The molecule has 0 radical (unpaired) electrons. The zero-order valence-corrected chi connectivity index (χ0v) is 37.5. The number of nitrogens with zero attached hydrogens (tertiary/aromatic N) is 8. The molecule has 2 aliphatic rings. The lowest BCUT2D eigenvalue weighted by Crippen LogP contribution is -2.44. The Morgan fingerprint density at radius 3 is 1.38 bits per heavy atom. The van der Waals surface area contributed by atoms with Crippen molar-refractivity contribution in [1.29, 1.82) is 0 Å². The van der Waals surface area contributed by atoms with Crippen LogP contribution in [0.1, 0.15) is 64.6 Å². The second-order valence-corrected chi connectivity index (χ2v) is 17.1. The van der Waals surface area contributed by atoms with E-state index in [-0.39, 0.29) is 18.2 Å². The van der Waals surface area contributed by atoms with E-state index in [1.807, 2.05) is 138 Å². The molecule has 14 heteroatoms. The minimum absolute atomic E-state index is 0.210. The number of fused-ring (bicyclic) bond motifs is 6. The number of hydrogen-bond acceptors (Lipinski definition) is 8. The predicted molar refractivity (Wildman–Crippen MR) is 256 cm³/mol. The second kappa shape index (κ2) is 17.4. The Hall–Kier alpha value is -7.54. The van der Waals surface area contributed by atoms with Crippen molar-refractivity contribution >= 4 is 46.5 Å². The van der Waals surface area contributed by atoms with Gasteiger partial charge in [-0.05, 0) is 91.6 Å². The molecule has 0 saturated heterocycles. The molecule has 66 heavy (non-hydrogen) atoms. The van der Waals surface area contributed by atoms with Crippen molar-refractivity contribution in [3.63, 3.8) is 0 Å². The molecule has 10 rings (SSSR count). The average molecular weight is 911 g/mol. The van der Waals surface area contributed by atoms with Crippen molar-refractivity contribution in [2.75, 3.05) is 6.54 Å². The van der Waals surface area contributed by atoms with Gasteiger partial charge in [-0.1, -0.05) is 120 Å². The smallest absolute Gasteiger partial charge is 0.310 e. The van der Waals surface area contributed by atoms with E-state index >= 15 is 4.79 Å². The van der Waals surface area contributed by atoms with Crippen molar-refractivity contribution in [2.45, 2.75) is 32.9 Å². The van der Waals surface area contributed by atoms with Crippen LogP contribution >= 0.6 is 23.2 Å². The third kappa shape index (κ3) is 7.57. The van der Waals surface area contributed by atoms with E-state index in [1.54, 1.807) is 31.2 Å². The Morgan fingerprint density at radius 1 is 0.561 bits per heavy atom. The van der Waals surface area contributed by atoms with Gasteiger partial charge in [0.05, 0.1) is 28.7 Å². The van der Waals surface area contributed by atoms with Gasteiger partial charge in [0.25, 0.3) is 0 Å². The van der Waals surface area contributed by atoms with Crippen LogP contribution in [0.25, 0.3) is 33.6 Å². The summed E-state index contributed by atoms with van der Waals surface area (Å²) in [5.41, 5.74) is 9.04. The minimum atomic E-state index is -1.60. The van der Waals surface area contributed by atoms with Crippen LogP contribution in [0.2, 0.25) is 10.0 Å². The van der Waals surface area contributed by atoms with Gasteiger partial charge in [0.2, 0.25) is 5.91 Å². The first kappa shape index (κ1) is 42.4. The van der Waals surface area contributed by atoms with Crippen LogP contribution in [0.5, 0.6) is 0 Å². The predicted octanol–water partition coefficient (Wildman–Crippen LogP) is 10.0. The number of carbonyl (C=O) groups is 2. The highest BCUT2D eigenvalue weighted by molar-refractivity contribution is 6.31. The van der Waals surface area contributed by atoms with Crippen molar-refractivity contribution in [2.24, 2.45) is 21.8 Å². The van der Waals surface area contributed by atoms with Gasteiger partial charge >= 0.3 is 5.97 Å². The standard InChI is InChI=1S/C52H41Cl2N9O3/c1-4-55-51(64)43(47-49-60-58-29(2)62(49)41-25-19-35(31-11-7-5-8-12-31)27-39(41)45(56-47)33-15-21-37(53)22-16-33)44(52(65)66)48-50-61-59-30(3)63(50)42-26-20-36(32-13-9-6-10-14-32)28-40(42)46(57-48)34-17-23-38(54)24-18-34/h5-28,43-44,47-48H,4H2,1-3H3,(H,55,64)(H,65,66)/t43?,44?,47-,48-/m0/s1. The number of nitrogens with one attached hydrogen (secondary N) is 1. The van der Waals surface area contributed by atoms with E-state index in [9.17, 15) is 9.90 Å². The molecule has 2 aromatic heterocycles. The van der Waals surface area contributed by atoms with Crippen LogP contribution in [0, 0.1) is 25.7 Å². The highest BCUT2D eigenvalue weighted by Crippen LogP contribution is 2.46. The molecule has 2 aliphatic heterocycles. The molecule has 0 saturated carbocycles. The van der Waals surface area contributed by atoms with Crippen molar-refractivity contribution in [3.8, 4) is 33.6 Å². The van der Waals surface area contributed by atoms with Gasteiger partial charge in [0.1, 0.15) is 29.7 Å². The molecule has 0 fully saturated rings. The third-order valence-corrected chi connectivity index (χ3v) is 12.7. The van der Waals surface area contributed by atoms with Gasteiger partial charge < -0.3 is 10.4 Å². The molecule has 4 atom stereocenters. The summed E-state index contributed by atoms with van der Waals surface area (Å²) in [7, 11) is 0. The highest BCUT2D eigenvalue weighted by Gasteiger charge is 2.50. The number of hydrogen-bond donors (Lipinski definition) is 2. The summed E-state index contributed by atoms with van der Waals surface area (Å²) in [4.78, 5) is 40.6. The zero-order chi connectivity index (χ0) is 45.6. The number of halogens is 2. The SMILES string of the molecule is CCNC(=O)C(C(C(=O)O)[C@@H]1N=C(c2ccc(Cl)cc2)c2cc(-c3ccccc3)ccc2-n2c(C)nnc21)[C@@H]1N=C(c2ccc(Cl)cc2)c2cc(-c3ccccc3)ccc2-n2c(C)nnc21. The van der Waals surface area contributed by atoms with Crippen molar-refractivity contribution in [3.05, 3.63) is 201 Å². The lowest BCUT2D eigenvalue weighted by atomic mass is 9.79. The molecular formula is C52H41Cl2N9O3. The summed E-state index contributed by atoms with van der Waals surface area (Å²) in [6.45, 7) is 5.64. The van der Waals surface area contributed by atoms with Crippen LogP contribution < -0.4 is 5.32 Å². The van der Waals surface area contributed by atoms with Gasteiger partial charge in [-0.2, -0.15) is 0 Å². The number of aliphatic carboxylic acids is 1. The van der Waals surface area contributed by atoms with E-state index in [4.69, 9.17) is 38.3 Å². The maximum Gasteiger partial charge on any atom is 0.310 e. The summed E-state index contributed by atoms with van der Waals surface area (Å²) in [5.74, 6) is -3.33. The number of amides is 1. The van der Waals surface area contributed by atoms with E-state index < -0.39 is 35.8 Å². The maximum atomic E-state index is 15.1. The Labute approximate surface area is 390 Å². The van der Waals surface area contributed by atoms with E-state index in [2.05, 4.69) is 26.7 Å². The fourth-order valence-electron chi connectivity index (χ4n) is 9.17. The molecule has 2 N–H and O–H groups in total. The fraction of sp³-hybridized carbons (Fsp3) is 0.154. The quantitative estimate of drug-likeness (QED) is 0.139. The Balaban J connectivity index is 1.24. The average Bonchev–Trinajstić information content (AvgIpc) is 3.83. The Bertz CT molecular complexity index is 3220. The number of carbonyl (C=O) groups excluding carboxylic acids is 1. The van der Waals surface area contributed by atoms with Gasteiger partial charge in [0, 0.05) is 38.8 Å². The summed E-state index contributed by atoms with van der Waals surface area (Å²) in [6.07, 6.45) is 0. The second-order valence-electron chi connectivity index (χ2n) is 16.2. The molecule has 0 bridgehead atoms. The zero-order valence-electron chi connectivity index (χ0n) is 36.0. The number of carboxylic acid groups (broad SMARTS) is 1. The molecular weight excluding hydrogens is 870 g/mol. The molecule has 8 aromatic rings. The lowest BCUT2D eigenvalue weighted by Gasteiger charge is -2.31. The van der Waals surface area contributed by atoms with E-state index in [0.717, 1.165) is 27.8 Å². The lowest BCUT2D eigenvalue weighted by molar-refractivity contribution is -0.149. The van der Waals surface area contributed by atoms with Crippen LogP contribution in [-0.2, 0) is 9.59 Å². The number of aryl methyl sites for hydroxylation is 2. The largest absolute Gasteiger partial charge is 0.481 e. The normalized spacial score (nSPS) is 16.0. The topological polar surface area (TPSA) is 153 Å². The highest BCUT2D eigenvalue weighted by atomic mass is 35.5. The minimum Gasteiger partial charge on any atom is -0.481 e. The monoisotopic (exact) mass is 909 g/mol.